The van der Waals surface area contributed by atoms with Gasteiger partial charge in [0.25, 0.3) is 0 Å². The molecule has 5 nitrogen and oxygen atoms in total. The highest BCUT2D eigenvalue weighted by atomic mass is 19.1. The number of hydrogen-bond donors (Lipinski definition) is 2. The van der Waals surface area contributed by atoms with Gasteiger partial charge in [0.2, 0.25) is 5.91 Å². The summed E-state index contributed by atoms with van der Waals surface area (Å²) in [4.78, 5) is 23.2. The van der Waals surface area contributed by atoms with Gasteiger partial charge in [-0.15, -0.1) is 0 Å². The smallest absolute Gasteiger partial charge is 0.408 e. The first-order valence-electron chi connectivity index (χ1n) is 6.88. The van der Waals surface area contributed by atoms with E-state index in [1.54, 1.807) is 12.1 Å². The van der Waals surface area contributed by atoms with Crippen LogP contribution >= 0.6 is 0 Å². The molecule has 0 bridgehead atoms. The molecule has 0 fully saturated rings. The molecule has 3 N–H and O–H groups in total. The number of halogens is 1. The van der Waals surface area contributed by atoms with Crippen molar-refractivity contribution in [2.45, 2.75) is 19.1 Å². The number of benzene rings is 1. The maximum atomic E-state index is 13.5. The first-order valence-corrected chi connectivity index (χ1v) is 6.88. The Morgan fingerprint density at radius 1 is 1.26 bits per heavy atom. The molecule has 2 amide bonds. The third kappa shape index (κ3) is 6.17. The number of primary amides is 1. The lowest BCUT2D eigenvalue weighted by Crippen LogP contribution is -2.44. The highest BCUT2D eigenvalue weighted by Gasteiger charge is 2.21. The molecule has 1 aromatic rings. The minimum absolute atomic E-state index is 0.0450. The topological polar surface area (TPSA) is 81.4 Å². The number of nitrogens with one attached hydrogen (secondary N) is 1. The number of rotatable bonds is 8. The van der Waals surface area contributed by atoms with E-state index >= 15 is 0 Å². The zero-order valence-electron chi connectivity index (χ0n) is 12.6. The minimum atomic E-state index is -1.11. The maximum absolute atomic E-state index is 13.5. The van der Waals surface area contributed by atoms with Crippen molar-refractivity contribution < 1.29 is 18.7 Å². The normalized spacial score (nSPS) is 12.6. The summed E-state index contributed by atoms with van der Waals surface area (Å²) in [5.74, 6) is -1.44. The first-order chi connectivity index (χ1) is 11.0. The second-order valence-corrected chi connectivity index (χ2v) is 4.65. The SMILES string of the molecule is C=C/C(F)=C(\C=C)C[C@H](NC(=O)OCc1ccccc1)C(N)=O. The van der Waals surface area contributed by atoms with E-state index in [1.165, 1.54) is 6.08 Å². The lowest BCUT2D eigenvalue weighted by Gasteiger charge is -2.16. The number of carbonyl (C=O) groups is 2. The van der Waals surface area contributed by atoms with Gasteiger partial charge in [0.15, 0.2) is 0 Å². The van der Waals surface area contributed by atoms with Gasteiger partial charge in [0, 0.05) is 6.42 Å². The fourth-order valence-corrected chi connectivity index (χ4v) is 1.76. The molecule has 0 radical (unpaired) electrons. The average Bonchev–Trinajstić information content (AvgIpc) is 2.56. The number of nitrogens with two attached hydrogens (primary N) is 1. The lowest BCUT2D eigenvalue weighted by molar-refractivity contribution is -0.119. The second-order valence-electron chi connectivity index (χ2n) is 4.65. The highest BCUT2D eigenvalue weighted by Crippen LogP contribution is 2.15. The van der Waals surface area contributed by atoms with Crippen molar-refractivity contribution in [1.29, 1.82) is 0 Å². The largest absolute Gasteiger partial charge is 0.445 e. The van der Waals surface area contributed by atoms with Crippen LogP contribution in [-0.4, -0.2) is 18.0 Å². The fourth-order valence-electron chi connectivity index (χ4n) is 1.76. The summed E-state index contributed by atoms with van der Waals surface area (Å²) in [5, 5.41) is 2.31. The highest BCUT2D eigenvalue weighted by molar-refractivity contribution is 5.84. The number of amides is 2. The van der Waals surface area contributed by atoms with Gasteiger partial charge in [0.05, 0.1) is 0 Å². The maximum Gasteiger partial charge on any atom is 0.408 e. The van der Waals surface area contributed by atoms with Gasteiger partial charge in [-0.25, -0.2) is 9.18 Å². The van der Waals surface area contributed by atoms with Crippen molar-refractivity contribution in [2.24, 2.45) is 5.73 Å². The molecular formula is C17H19FN2O3. The number of ether oxygens (including phenoxy) is 1. The van der Waals surface area contributed by atoms with Crippen LogP contribution in [-0.2, 0) is 16.1 Å². The molecule has 23 heavy (non-hydrogen) atoms. The van der Waals surface area contributed by atoms with E-state index in [4.69, 9.17) is 10.5 Å². The monoisotopic (exact) mass is 318 g/mol. The standard InChI is InChI=1S/C17H19FN2O3/c1-3-13(14(18)4-2)10-15(16(19)21)20-17(22)23-11-12-8-6-5-7-9-12/h3-9,15H,1-2,10-11H2,(H2,19,21)(H,20,22)/b14-13-/t15-/m0/s1. The quantitative estimate of drug-likeness (QED) is 0.723. The van der Waals surface area contributed by atoms with E-state index in [-0.39, 0.29) is 18.6 Å². The number of allylic oxidation sites excluding steroid dienone is 3. The van der Waals surface area contributed by atoms with E-state index in [0.717, 1.165) is 11.6 Å². The summed E-state index contributed by atoms with van der Waals surface area (Å²) in [6.45, 7) is 6.80. The fraction of sp³-hybridized carbons (Fsp3) is 0.176. The van der Waals surface area contributed by atoms with Gasteiger partial charge in [-0.1, -0.05) is 49.6 Å². The van der Waals surface area contributed by atoms with Crippen molar-refractivity contribution in [3.05, 3.63) is 72.6 Å². The van der Waals surface area contributed by atoms with Crippen LogP contribution in [0.5, 0.6) is 0 Å². The van der Waals surface area contributed by atoms with Gasteiger partial charge >= 0.3 is 6.09 Å². The molecule has 6 heteroatoms. The molecule has 1 aromatic carbocycles. The zero-order valence-corrected chi connectivity index (χ0v) is 12.6. The summed E-state index contributed by atoms with van der Waals surface area (Å²) in [6, 6.07) is 7.92. The van der Waals surface area contributed by atoms with Crippen LogP contribution in [0.4, 0.5) is 9.18 Å². The molecule has 0 saturated carbocycles. The summed E-state index contributed by atoms with van der Waals surface area (Å²) in [5.41, 5.74) is 6.13. The Morgan fingerprint density at radius 2 is 1.91 bits per heavy atom. The summed E-state index contributed by atoms with van der Waals surface area (Å²) in [7, 11) is 0. The molecule has 122 valence electrons. The van der Waals surface area contributed by atoms with Gasteiger partial charge in [-0.05, 0) is 17.2 Å². The Labute approximate surface area is 134 Å². The van der Waals surface area contributed by atoms with Crippen molar-refractivity contribution in [1.82, 2.24) is 5.32 Å². The van der Waals surface area contributed by atoms with E-state index in [2.05, 4.69) is 18.5 Å². The van der Waals surface area contributed by atoms with Crippen molar-refractivity contribution in [2.75, 3.05) is 0 Å². The Hall–Kier alpha value is -2.89. The molecule has 0 aliphatic heterocycles. The molecule has 0 spiro atoms. The van der Waals surface area contributed by atoms with Crippen LogP contribution in [0, 0.1) is 0 Å². The van der Waals surface area contributed by atoms with Crippen LogP contribution in [0.1, 0.15) is 12.0 Å². The molecular weight excluding hydrogens is 299 g/mol. The van der Waals surface area contributed by atoms with Gasteiger partial charge < -0.3 is 15.8 Å². The van der Waals surface area contributed by atoms with Crippen LogP contribution in [0.15, 0.2) is 67.0 Å². The van der Waals surface area contributed by atoms with E-state index in [1.807, 2.05) is 18.2 Å². The van der Waals surface area contributed by atoms with Crippen LogP contribution in [0.25, 0.3) is 0 Å². The Bertz CT molecular complexity index is 612. The average molecular weight is 318 g/mol. The van der Waals surface area contributed by atoms with Crippen LogP contribution in [0.2, 0.25) is 0 Å². The molecule has 0 aliphatic carbocycles. The summed E-state index contributed by atoms with van der Waals surface area (Å²) in [6.07, 6.45) is 1.27. The predicted octanol–water partition coefficient (Wildman–Crippen LogP) is 2.75. The molecule has 0 aliphatic rings. The lowest BCUT2D eigenvalue weighted by atomic mass is 10.0. The van der Waals surface area contributed by atoms with Crippen molar-refractivity contribution in [3.63, 3.8) is 0 Å². The first kappa shape index (κ1) is 18.2. The number of carbonyl (C=O) groups excluding carboxylic acids is 2. The second kappa shape index (κ2) is 9.19. The van der Waals surface area contributed by atoms with E-state index in [0.29, 0.717) is 0 Å². The molecule has 1 atom stereocenters. The molecule has 0 unspecified atom stereocenters. The third-order valence-electron chi connectivity index (χ3n) is 3.00. The zero-order chi connectivity index (χ0) is 17.2. The summed E-state index contributed by atoms with van der Waals surface area (Å²) >= 11 is 0. The predicted molar refractivity (Wildman–Crippen MR) is 85.9 cm³/mol. The van der Waals surface area contributed by atoms with E-state index < -0.39 is 23.9 Å². The van der Waals surface area contributed by atoms with Crippen molar-refractivity contribution >= 4 is 12.0 Å². The van der Waals surface area contributed by atoms with Crippen LogP contribution < -0.4 is 11.1 Å². The number of hydrogen-bond acceptors (Lipinski definition) is 3. The minimum Gasteiger partial charge on any atom is -0.445 e. The van der Waals surface area contributed by atoms with E-state index in [9.17, 15) is 14.0 Å². The van der Waals surface area contributed by atoms with Gasteiger partial charge in [-0.2, -0.15) is 0 Å². The molecule has 0 heterocycles. The third-order valence-corrected chi connectivity index (χ3v) is 3.00. The summed E-state index contributed by atoms with van der Waals surface area (Å²) < 4.78 is 18.5. The van der Waals surface area contributed by atoms with Gasteiger partial charge in [-0.3, -0.25) is 4.79 Å². The van der Waals surface area contributed by atoms with Crippen LogP contribution in [0.3, 0.4) is 0 Å². The number of alkyl carbamates (subject to hydrolysis) is 1. The molecule has 0 saturated heterocycles. The molecule has 1 rings (SSSR count). The Morgan fingerprint density at radius 3 is 2.43 bits per heavy atom. The van der Waals surface area contributed by atoms with Crippen molar-refractivity contribution in [3.8, 4) is 0 Å². The van der Waals surface area contributed by atoms with Gasteiger partial charge in [0.1, 0.15) is 18.5 Å². The Balaban J connectivity index is 2.65. The molecule has 0 aromatic heterocycles. The Kier molecular flexibility index (Phi) is 7.26.